The van der Waals surface area contributed by atoms with Crippen LogP contribution in [-0.4, -0.2) is 0 Å². The zero-order valence-corrected chi connectivity index (χ0v) is 46.9. The summed E-state index contributed by atoms with van der Waals surface area (Å²) in [5, 5.41) is 2.22. The van der Waals surface area contributed by atoms with Crippen LogP contribution in [0.15, 0.2) is 241 Å². The molecule has 2 saturated carbocycles. The number of fused-ring (bicyclic) bond motifs is 21. The number of hydrogen-bond donors (Lipinski definition) is 0. The second-order valence-electron chi connectivity index (χ2n) is 24.6. The van der Waals surface area contributed by atoms with Crippen LogP contribution in [0.5, 0.6) is 23.0 Å². The van der Waals surface area contributed by atoms with Crippen molar-refractivity contribution in [1.29, 1.82) is 0 Å². The second-order valence-corrected chi connectivity index (χ2v) is 24.6. The van der Waals surface area contributed by atoms with E-state index in [0.29, 0.717) is 11.8 Å². The van der Waals surface area contributed by atoms with Gasteiger partial charge in [-0.1, -0.05) is 214 Å². The van der Waals surface area contributed by atoms with Gasteiger partial charge in [0.15, 0.2) is 0 Å². The predicted molar refractivity (Wildman–Crippen MR) is 340 cm³/mol. The highest BCUT2D eigenvalue weighted by molar-refractivity contribution is 6.11. The van der Waals surface area contributed by atoms with E-state index in [-0.39, 0.29) is 0 Å². The number of nitrogens with zero attached hydrogens (tertiary/aromatic N) is 1. The molecular formula is C80H61NO3. The minimum Gasteiger partial charge on any atom is -0.457 e. The minimum absolute atomic E-state index is 0.519. The van der Waals surface area contributed by atoms with Crippen LogP contribution in [0.2, 0.25) is 0 Å². The lowest BCUT2D eigenvalue weighted by atomic mass is 9.64. The molecular weight excluding hydrogens is 1020 g/mol. The van der Waals surface area contributed by atoms with E-state index in [1.165, 1.54) is 131 Å². The summed E-state index contributed by atoms with van der Waals surface area (Å²) in [5.41, 5.74) is 23.5. The molecule has 84 heavy (non-hydrogen) atoms. The maximum atomic E-state index is 7.26. The van der Waals surface area contributed by atoms with Crippen LogP contribution >= 0.6 is 0 Å². The van der Waals surface area contributed by atoms with E-state index in [2.05, 4.69) is 241 Å². The first-order valence-corrected chi connectivity index (χ1v) is 30.8. The molecule has 4 aliphatic carbocycles. The topological polar surface area (TPSA) is 34.8 Å². The van der Waals surface area contributed by atoms with E-state index in [1.807, 2.05) is 0 Å². The standard InChI is InChI=1S/C80H61NO3/c1-3-20-50(21-4-1)52-38-44-76-70(46-52)80(71-47-53(39-45-77(71)83-76)51-22-5-2-6-23-51)65-31-12-8-25-57(65)59-43-41-55(49-69(59)80)81(72-34-15-9-26-60(72)62-28-19-29-63-61-27-10-16-35-73(61)84-78(62)63)54-40-42-58-56-24-7-11-30-64(56)79(68(58)48-54)66-32-13-17-36-74(66)82-75-37-18-14-33-67(75)79/h7-19,24-51H,1-6,20-23H2. The van der Waals surface area contributed by atoms with Gasteiger partial charge in [0.1, 0.15) is 34.2 Å². The molecule has 4 heteroatoms. The van der Waals surface area contributed by atoms with Crippen LogP contribution in [0.1, 0.15) is 132 Å². The van der Waals surface area contributed by atoms with E-state index in [0.717, 1.165) is 84.3 Å². The van der Waals surface area contributed by atoms with Gasteiger partial charge in [0.05, 0.1) is 16.5 Å². The quantitative estimate of drug-likeness (QED) is 0.166. The van der Waals surface area contributed by atoms with Crippen molar-refractivity contribution in [3.63, 3.8) is 0 Å². The van der Waals surface area contributed by atoms with E-state index in [1.54, 1.807) is 0 Å². The fraction of sp³-hybridized carbons (Fsp3) is 0.175. The van der Waals surface area contributed by atoms with E-state index in [9.17, 15) is 0 Å². The maximum absolute atomic E-state index is 7.26. The van der Waals surface area contributed by atoms with Gasteiger partial charge in [-0.25, -0.2) is 0 Å². The van der Waals surface area contributed by atoms with Crippen molar-refractivity contribution >= 4 is 39.0 Å². The Morgan fingerprint density at radius 1 is 0.310 bits per heavy atom. The molecule has 6 aliphatic rings. The average molecular weight is 1080 g/mol. The van der Waals surface area contributed by atoms with Crippen molar-refractivity contribution in [1.82, 2.24) is 0 Å². The molecule has 0 radical (unpaired) electrons. The number of rotatable bonds is 6. The SMILES string of the molecule is c1ccc2c(c1)Oc1ccccc1C21c2ccccc2-c2ccc(N(c3ccc4c(c3)C3(c5cc(C6CCCCC6)ccc5Oc5ccc(C6CCCCC6)cc53)c3ccccc3-4)c3ccccc3-c3cccc4c3oc3ccccc34)cc21. The molecule has 0 saturated heterocycles. The number of para-hydroxylation sites is 5. The van der Waals surface area contributed by atoms with Gasteiger partial charge >= 0.3 is 0 Å². The van der Waals surface area contributed by atoms with Gasteiger partial charge < -0.3 is 18.8 Å². The van der Waals surface area contributed by atoms with Crippen molar-refractivity contribution in [2.75, 3.05) is 4.90 Å². The molecule has 0 amide bonds. The molecule has 2 aliphatic heterocycles. The molecule has 2 spiro atoms. The summed E-state index contributed by atoms with van der Waals surface area (Å²) < 4.78 is 21.0. The molecule has 3 heterocycles. The monoisotopic (exact) mass is 1080 g/mol. The van der Waals surface area contributed by atoms with Crippen LogP contribution in [0.25, 0.3) is 55.3 Å². The molecule has 1 aromatic heterocycles. The number of hydrogen-bond acceptors (Lipinski definition) is 4. The molecule has 0 bridgehead atoms. The van der Waals surface area contributed by atoms with Crippen LogP contribution in [0, 0.1) is 0 Å². The van der Waals surface area contributed by atoms with Gasteiger partial charge in [-0.05, 0) is 154 Å². The molecule has 4 nitrogen and oxygen atoms in total. The lowest BCUT2D eigenvalue weighted by Crippen LogP contribution is -2.33. The molecule has 0 N–H and O–H groups in total. The third-order valence-electron chi connectivity index (χ3n) is 20.4. The molecule has 2 fully saturated rings. The van der Waals surface area contributed by atoms with Crippen LogP contribution in [-0.2, 0) is 10.8 Å². The van der Waals surface area contributed by atoms with Gasteiger partial charge in [-0.3, -0.25) is 0 Å². The van der Waals surface area contributed by atoms with Crippen LogP contribution < -0.4 is 14.4 Å². The van der Waals surface area contributed by atoms with Crippen molar-refractivity contribution in [3.8, 4) is 56.4 Å². The smallest absolute Gasteiger partial charge is 0.143 e. The van der Waals surface area contributed by atoms with Crippen molar-refractivity contribution in [2.45, 2.75) is 86.9 Å². The molecule has 0 atom stereocenters. The zero-order chi connectivity index (χ0) is 55.1. The Balaban J connectivity index is 0.927. The van der Waals surface area contributed by atoms with Crippen molar-refractivity contribution in [2.24, 2.45) is 0 Å². The Kier molecular flexibility index (Phi) is 10.6. The third kappa shape index (κ3) is 6.77. The lowest BCUT2D eigenvalue weighted by Gasteiger charge is -2.41. The fourth-order valence-corrected chi connectivity index (χ4v) is 16.8. The first kappa shape index (κ1) is 48.2. The lowest BCUT2D eigenvalue weighted by molar-refractivity contribution is 0.424. The Bertz CT molecular complexity index is 4570. The summed E-state index contributed by atoms with van der Waals surface area (Å²) in [6.07, 6.45) is 12.6. The first-order valence-electron chi connectivity index (χ1n) is 30.8. The zero-order valence-electron chi connectivity index (χ0n) is 46.9. The summed E-state index contributed by atoms with van der Waals surface area (Å²) in [7, 11) is 0. The number of furan rings is 1. The Labute approximate surface area is 490 Å². The molecule has 0 unspecified atom stereocenters. The summed E-state index contributed by atoms with van der Waals surface area (Å²) in [4.78, 5) is 2.56. The second kappa shape index (κ2) is 18.6. The number of benzene rings is 11. The number of anilines is 3. The fourth-order valence-electron chi connectivity index (χ4n) is 16.8. The highest BCUT2D eigenvalue weighted by atomic mass is 16.5. The Morgan fingerprint density at radius 2 is 0.750 bits per heavy atom. The van der Waals surface area contributed by atoms with Gasteiger partial charge in [0, 0.05) is 55.5 Å². The number of ether oxygens (including phenoxy) is 2. The molecule has 12 aromatic rings. The highest BCUT2D eigenvalue weighted by Crippen LogP contribution is 2.66. The van der Waals surface area contributed by atoms with Gasteiger partial charge in [0.25, 0.3) is 0 Å². The van der Waals surface area contributed by atoms with E-state index in [4.69, 9.17) is 13.9 Å². The first-order chi connectivity index (χ1) is 41.6. The van der Waals surface area contributed by atoms with Crippen molar-refractivity contribution in [3.05, 3.63) is 292 Å². The summed E-state index contributed by atoms with van der Waals surface area (Å²) in [6.45, 7) is 0. The molecule has 404 valence electrons. The Hall–Kier alpha value is -9.38. The molecule has 18 rings (SSSR count). The Morgan fingerprint density at radius 3 is 1.33 bits per heavy atom. The normalized spacial score (nSPS) is 16.6. The minimum atomic E-state index is -0.676. The summed E-state index contributed by atoms with van der Waals surface area (Å²) in [6, 6.07) is 89.0. The van der Waals surface area contributed by atoms with Crippen LogP contribution in [0.4, 0.5) is 17.1 Å². The highest BCUT2D eigenvalue weighted by Gasteiger charge is 2.54. The summed E-state index contributed by atoms with van der Waals surface area (Å²) in [5.74, 6) is 4.69. The third-order valence-corrected chi connectivity index (χ3v) is 20.4. The predicted octanol–water partition coefficient (Wildman–Crippen LogP) is 21.8. The maximum Gasteiger partial charge on any atom is 0.143 e. The average Bonchev–Trinajstić information content (AvgIpc) is 1.53. The van der Waals surface area contributed by atoms with Gasteiger partial charge in [-0.2, -0.15) is 0 Å². The summed E-state index contributed by atoms with van der Waals surface area (Å²) >= 11 is 0. The van der Waals surface area contributed by atoms with E-state index < -0.39 is 10.8 Å². The van der Waals surface area contributed by atoms with Crippen molar-refractivity contribution < 1.29 is 13.9 Å². The van der Waals surface area contributed by atoms with Crippen LogP contribution in [0.3, 0.4) is 0 Å². The van der Waals surface area contributed by atoms with E-state index >= 15 is 0 Å². The van der Waals surface area contributed by atoms with Gasteiger partial charge in [0.2, 0.25) is 0 Å². The van der Waals surface area contributed by atoms with Gasteiger partial charge in [-0.15, -0.1) is 0 Å². The largest absolute Gasteiger partial charge is 0.457 e. The molecule has 11 aromatic carbocycles.